The van der Waals surface area contributed by atoms with Crippen LogP contribution < -0.4 is 0 Å². The zero-order valence-electron chi connectivity index (χ0n) is 20.2. The fourth-order valence-corrected chi connectivity index (χ4v) is 5.30. The average molecular weight is 443 g/mol. The summed E-state index contributed by atoms with van der Waals surface area (Å²) in [4.78, 5) is 0. The van der Waals surface area contributed by atoms with E-state index in [1.165, 1.54) is 59.9 Å². The number of aryl methyl sites for hydroxylation is 3. The van der Waals surface area contributed by atoms with Crippen LogP contribution >= 0.6 is 0 Å². The first-order chi connectivity index (χ1) is 16.2. The molecule has 1 aliphatic carbocycles. The van der Waals surface area contributed by atoms with Gasteiger partial charge in [0, 0.05) is 0 Å². The van der Waals surface area contributed by atoms with Crippen LogP contribution in [0.15, 0.2) is 72.8 Å². The van der Waals surface area contributed by atoms with Crippen molar-refractivity contribution in [3.05, 3.63) is 95.1 Å². The molecule has 0 unspecified atom stereocenters. The number of hydrogen-bond donors (Lipinski definition) is 0. The van der Waals surface area contributed by atoms with Crippen molar-refractivity contribution in [2.75, 3.05) is 6.67 Å². The van der Waals surface area contributed by atoms with Gasteiger partial charge in [-0.15, -0.1) is 0 Å². The van der Waals surface area contributed by atoms with Crippen molar-refractivity contribution in [3.8, 4) is 11.1 Å². The van der Waals surface area contributed by atoms with Crippen molar-refractivity contribution in [1.82, 2.24) is 0 Å². The van der Waals surface area contributed by atoms with E-state index in [0.29, 0.717) is 6.42 Å². The first-order valence-corrected chi connectivity index (χ1v) is 13.1. The van der Waals surface area contributed by atoms with Crippen LogP contribution in [0.25, 0.3) is 11.1 Å². The molecule has 1 heteroatoms. The van der Waals surface area contributed by atoms with Gasteiger partial charge in [-0.3, -0.25) is 4.39 Å². The van der Waals surface area contributed by atoms with Crippen LogP contribution in [0.1, 0.15) is 80.0 Å². The molecular weight excluding hydrogens is 403 g/mol. The van der Waals surface area contributed by atoms with Gasteiger partial charge in [-0.25, -0.2) is 0 Å². The number of halogens is 1. The number of unbranched alkanes of at least 4 members (excludes halogenated alkanes) is 1. The van der Waals surface area contributed by atoms with Gasteiger partial charge in [0.05, 0.1) is 6.67 Å². The molecular formula is C32H39F. The maximum absolute atomic E-state index is 12.3. The van der Waals surface area contributed by atoms with E-state index in [1.807, 2.05) is 0 Å². The molecule has 0 nitrogen and oxygen atoms in total. The second-order valence-corrected chi connectivity index (χ2v) is 9.91. The minimum absolute atomic E-state index is 0.213. The lowest BCUT2D eigenvalue weighted by Crippen LogP contribution is -2.12. The molecule has 1 saturated carbocycles. The maximum Gasteiger partial charge on any atom is 0.0894 e. The Morgan fingerprint density at radius 1 is 0.606 bits per heavy atom. The van der Waals surface area contributed by atoms with Gasteiger partial charge in [-0.1, -0.05) is 86.1 Å². The average Bonchev–Trinajstić information content (AvgIpc) is 2.89. The Balaban J connectivity index is 1.27. The summed E-state index contributed by atoms with van der Waals surface area (Å²) in [6.07, 6.45) is 11.6. The molecule has 1 fully saturated rings. The third-order valence-corrected chi connectivity index (χ3v) is 7.67. The van der Waals surface area contributed by atoms with Crippen LogP contribution in [0, 0.1) is 5.92 Å². The van der Waals surface area contributed by atoms with E-state index < -0.39 is 0 Å². The van der Waals surface area contributed by atoms with Gasteiger partial charge < -0.3 is 0 Å². The van der Waals surface area contributed by atoms with Crippen LogP contribution in [0.2, 0.25) is 0 Å². The molecule has 0 heterocycles. The van der Waals surface area contributed by atoms with E-state index in [9.17, 15) is 4.39 Å². The molecule has 0 atom stereocenters. The lowest BCUT2D eigenvalue weighted by Gasteiger charge is -2.28. The van der Waals surface area contributed by atoms with Gasteiger partial charge in [-0.2, -0.15) is 0 Å². The Kier molecular flexibility index (Phi) is 8.75. The SMILES string of the molecule is CCC1CCC(c2ccc(CCc3ccc(-c4ccc(CCCCF)cc4)cc3)cc2)CC1. The van der Waals surface area contributed by atoms with Gasteiger partial charge in [0.1, 0.15) is 0 Å². The zero-order chi connectivity index (χ0) is 22.9. The van der Waals surface area contributed by atoms with E-state index in [1.54, 1.807) is 5.56 Å². The third-order valence-electron chi connectivity index (χ3n) is 7.67. The van der Waals surface area contributed by atoms with E-state index in [4.69, 9.17) is 0 Å². The highest BCUT2D eigenvalue weighted by Crippen LogP contribution is 2.37. The fraction of sp³-hybridized carbons (Fsp3) is 0.438. The van der Waals surface area contributed by atoms with Crippen LogP contribution in [0.4, 0.5) is 4.39 Å². The highest BCUT2D eigenvalue weighted by molar-refractivity contribution is 5.64. The van der Waals surface area contributed by atoms with Gasteiger partial charge in [0.2, 0.25) is 0 Å². The summed E-state index contributed by atoms with van der Waals surface area (Å²) in [6.45, 7) is 2.12. The molecule has 3 aromatic carbocycles. The Morgan fingerprint density at radius 3 is 1.58 bits per heavy atom. The van der Waals surface area contributed by atoms with Crippen LogP contribution in [0.3, 0.4) is 0 Å². The van der Waals surface area contributed by atoms with E-state index in [2.05, 4.69) is 79.7 Å². The van der Waals surface area contributed by atoms with E-state index in [-0.39, 0.29) is 6.67 Å². The smallest absolute Gasteiger partial charge is 0.0894 e. The number of hydrogen-bond acceptors (Lipinski definition) is 0. The molecule has 0 saturated heterocycles. The molecule has 0 radical (unpaired) electrons. The monoisotopic (exact) mass is 442 g/mol. The van der Waals surface area contributed by atoms with E-state index in [0.717, 1.165) is 37.5 Å². The minimum Gasteiger partial charge on any atom is -0.251 e. The summed E-state index contributed by atoms with van der Waals surface area (Å²) in [5.74, 6) is 1.74. The van der Waals surface area contributed by atoms with Crippen LogP contribution in [-0.4, -0.2) is 6.67 Å². The largest absolute Gasteiger partial charge is 0.251 e. The van der Waals surface area contributed by atoms with Crippen LogP contribution in [0.5, 0.6) is 0 Å². The van der Waals surface area contributed by atoms with Crippen molar-refractivity contribution in [2.24, 2.45) is 5.92 Å². The van der Waals surface area contributed by atoms with Gasteiger partial charge in [0.15, 0.2) is 0 Å². The Hall–Kier alpha value is -2.41. The molecule has 0 bridgehead atoms. The molecule has 1 aliphatic rings. The number of alkyl halides is 1. The molecule has 0 N–H and O–H groups in total. The summed E-state index contributed by atoms with van der Waals surface area (Å²) < 4.78 is 12.3. The Bertz CT molecular complexity index is 945. The Morgan fingerprint density at radius 2 is 1.09 bits per heavy atom. The summed E-state index contributed by atoms with van der Waals surface area (Å²) in [6, 6.07) is 27.2. The van der Waals surface area contributed by atoms with Crippen molar-refractivity contribution < 1.29 is 4.39 Å². The van der Waals surface area contributed by atoms with Crippen LogP contribution in [-0.2, 0) is 19.3 Å². The third kappa shape index (κ3) is 6.79. The number of rotatable bonds is 10. The maximum atomic E-state index is 12.3. The molecule has 0 aliphatic heterocycles. The molecule has 33 heavy (non-hydrogen) atoms. The molecule has 0 amide bonds. The summed E-state index contributed by atoms with van der Waals surface area (Å²) in [5, 5.41) is 0. The summed E-state index contributed by atoms with van der Waals surface area (Å²) in [5.41, 5.74) is 8.18. The van der Waals surface area contributed by atoms with Crippen molar-refractivity contribution in [1.29, 1.82) is 0 Å². The quantitative estimate of drug-likeness (QED) is 0.275. The molecule has 0 spiro atoms. The second kappa shape index (κ2) is 12.2. The summed E-state index contributed by atoms with van der Waals surface area (Å²) >= 11 is 0. The number of benzene rings is 3. The standard InChI is InChI=1S/C32H39F/c1-2-25-8-16-29(17-9-25)31-20-12-27(13-21-31)6-7-28-14-22-32(23-15-28)30-18-10-26(11-19-30)5-3-4-24-33/h10-15,18-23,25,29H,2-9,16-17,24H2,1H3. The molecule has 3 aromatic rings. The fourth-order valence-electron chi connectivity index (χ4n) is 5.30. The predicted octanol–water partition coefficient (Wildman–Crippen LogP) is 9.11. The minimum atomic E-state index is -0.213. The van der Waals surface area contributed by atoms with Crippen molar-refractivity contribution in [3.63, 3.8) is 0 Å². The normalized spacial score (nSPS) is 18.4. The summed E-state index contributed by atoms with van der Waals surface area (Å²) in [7, 11) is 0. The second-order valence-electron chi connectivity index (χ2n) is 9.91. The first-order valence-electron chi connectivity index (χ1n) is 13.1. The van der Waals surface area contributed by atoms with Gasteiger partial charge in [0.25, 0.3) is 0 Å². The zero-order valence-corrected chi connectivity index (χ0v) is 20.2. The first kappa shape index (κ1) is 23.7. The molecule has 0 aromatic heterocycles. The highest BCUT2D eigenvalue weighted by Gasteiger charge is 2.21. The van der Waals surface area contributed by atoms with Crippen molar-refractivity contribution in [2.45, 2.75) is 77.0 Å². The molecule has 4 rings (SSSR count). The van der Waals surface area contributed by atoms with Gasteiger partial charge in [-0.05, 0) is 103 Å². The lowest BCUT2D eigenvalue weighted by molar-refractivity contribution is 0.319. The van der Waals surface area contributed by atoms with Gasteiger partial charge >= 0.3 is 0 Å². The van der Waals surface area contributed by atoms with Crippen molar-refractivity contribution >= 4 is 0 Å². The molecule has 174 valence electrons. The highest BCUT2D eigenvalue weighted by atomic mass is 19.1. The topological polar surface area (TPSA) is 0 Å². The predicted molar refractivity (Wildman–Crippen MR) is 140 cm³/mol. The lowest BCUT2D eigenvalue weighted by atomic mass is 9.78. The van der Waals surface area contributed by atoms with E-state index >= 15 is 0 Å². The Labute approximate surface area is 200 Å².